The summed E-state index contributed by atoms with van der Waals surface area (Å²) in [5, 5.41) is 0. The third-order valence-corrected chi connectivity index (χ3v) is 10.3. The van der Waals surface area contributed by atoms with E-state index in [4.69, 9.17) is 9.47 Å². The molecule has 2 heterocycles. The number of hydrogen-bond acceptors (Lipinski definition) is 6. The molecule has 0 N–H and O–H groups in total. The van der Waals surface area contributed by atoms with Gasteiger partial charge in [-0.15, -0.1) is 0 Å². The van der Waals surface area contributed by atoms with Crippen LogP contribution in [-0.2, 0) is 29.5 Å². The smallest absolute Gasteiger partial charge is 0.243 e. The molecule has 0 unspecified atom stereocenters. The molecule has 2 aliphatic rings. The van der Waals surface area contributed by atoms with Gasteiger partial charge in [-0.2, -0.15) is 8.61 Å². The van der Waals surface area contributed by atoms with Crippen LogP contribution in [0, 0.1) is 6.92 Å². The van der Waals surface area contributed by atoms with E-state index in [9.17, 15) is 16.8 Å². The summed E-state index contributed by atoms with van der Waals surface area (Å²) in [5.74, 6) is 0. The number of benzene rings is 1. The molecular weight excluding hydrogens is 464 g/mol. The van der Waals surface area contributed by atoms with Crippen molar-refractivity contribution in [3.8, 4) is 0 Å². The van der Waals surface area contributed by atoms with Gasteiger partial charge in [0, 0.05) is 40.4 Å². The van der Waals surface area contributed by atoms with E-state index < -0.39 is 20.0 Å². The second-order valence-corrected chi connectivity index (χ2v) is 12.4. The molecule has 0 radical (unpaired) electrons. The Bertz CT molecular complexity index is 947. The molecule has 3 rings (SSSR count). The third-order valence-electron chi connectivity index (χ3n) is 6.37. The molecule has 10 heteroatoms. The van der Waals surface area contributed by atoms with E-state index in [0.717, 1.165) is 0 Å². The van der Waals surface area contributed by atoms with E-state index in [2.05, 4.69) is 13.8 Å². The van der Waals surface area contributed by atoms with Crippen molar-refractivity contribution < 1.29 is 26.3 Å². The van der Waals surface area contributed by atoms with Crippen molar-refractivity contribution in [2.75, 3.05) is 40.4 Å². The van der Waals surface area contributed by atoms with Gasteiger partial charge >= 0.3 is 0 Å². The van der Waals surface area contributed by atoms with Crippen molar-refractivity contribution >= 4 is 20.0 Å². The highest BCUT2D eigenvalue weighted by Crippen LogP contribution is 2.28. The summed E-state index contributed by atoms with van der Waals surface area (Å²) in [4.78, 5) is 0.285. The molecule has 2 saturated heterocycles. The number of unbranched alkanes of at least 4 members (excludes halogenated alkanes) is 1. The molecule has 33 heavy (non-hydrogen) atoms. The molecule has 0 spiro atoms. The first-order valence-electron chi connectivity index (χ1n) is 11.8. The van der Waals surface area contributed by atoms with Gasteiger partial charge in [0.05, 0.1) is 22.0 Å². The lowest BCUT2D eigenvalue weighted by Gasteiger charge is -2.31. The van der Waals surface area contributed by atoms with Gasteiger partial charge in [-0.1, -0.05) is 26.7 Å². The van der Waals surface area contributed by atoms with Crippen LogP contribution in [0.25, 0.3) is 0 Å². The van der Waals surface area contributed by atoms with Gasteiger partial charge in [0.2, 0.25) is 20.0 Å². The molecule has 2 fully saturated rings. The highest BCUT2D eigenvalue weighted by atomic mass is 32.2. The monoisotopic (exact) mass is 504 g/mol. The number of methoxy groups -OCH3 is 2. The van der Waals surface area contributed by atoms with E-state index in [1.54, 1.807) is 21.1 Å². The zero-order chi connectivity index (χ0) is 24.6. The van der Waals surface area contributed by atoms with Gasteiger partial charge in [0.15, 0.2) is 0 Å². The molecule has 0 saturated carbocycles. The minimum atomic E-state index is -3.67. The first-order chi connectivity index (χ1) is 15.6. The Hall–Kier alpha value is -1.04. The fourth-order valence-electron chi connectivity index (χ4n) is 3.98. The zero-order valence-electron chi connectivity index (χ0n) is 20.6. The van der Waals surface area contributed by atoms with E-state index in [1.165, 1.54) is 39.7 Å². The van der Waals surface area contributed by atoms with Crippen molar-refractivity contribution in [2.24, 2.45) is 0 Å². The Kier molecular flexibility index (Phi) is 10.8. The van der Waals surface area contributed by atoms with Crippen molar-refractivity contribution in [2.45, 2.75) is 81.3 Å². The van der Waals surface area contributed by atoms with Crippen LogP contribution in [0.2, 0.25) is 0 Å². The Morgan fingerprint density at radius 3 is 1.58 bits per heavy atom. The summed E-state index contributed by atoms with van der Waals surface area (Å²) in [6.45, 7) is 7.59. The minimum Gasteiger partial charge on any atom is -0.381 e. The predicted molar refractivity (Wildman–Crippen MR) is 129 cm³/mol. The quantitative estimate of drug-likeness (QED) is 0.565. The van der Waals surface area contributed by atoms with E-state index in [1.807, 2.05) is 0 Å². The lowest BCUT2D eigenvalue weighted by molar-refractivity contribution is 0.0602. The van der Waals surface area contributed by atoms with Crippen molar-refractivity contribution in [3.63, 3.8) is 0 Å². The van der Waals surface area contributed by atoms with Crippen LogP contribution in [-0.4, -0.2) is 78.1 Å². The lowest BCUT2D eigenvalue weighted by atomic mass is 10.1. The second kappa shape index (κ2) is 12.6. The average Bonchev–Trinajstić information content (AvgIpc) is 2.84. The predicted octanol–water partition coefficient (Wildman–Crippen LogP) is 3.40. The van der Waals surface area contributed by atoms with Gasteiger partial charge in [-0.05, 0) is 56.4 Å². The fraction of sp³-hybridized carbons (Fsp3) is 0.739. The first kappa shape index (κ1) is 28.2. The van der Waals surface area contributed by atoms with Crippen LogP contribution >= 0.6 is 0 Å². The van der Waals surface area contributed by atoms with Crippen LogP contribution in [0.4, 0.5) is 0 Å². The molecule has 1 aromatic rings. The van der Waals surface area contributed by atoms with Crippen LogP contribution in [0.5, 0.6) is 0 Å². The molecule has 190 valence electrons. The number of sulfonamides is 2. The van der Waals surface area contributed by atoms with Crippen LogP contribution in [0.1, 0.15) is 57.9 Å². The fourth-order valence-corrected chi connectivity index (χ4v) is 7.21. The van der Waals surface area contributed by atoms with Crippen LogP contribution < -0.4 is 0 Å². The zero-order valence-corrected chi connectivity index (χ0v) is 22.3. The number of nitrogens with zero attached hydrogens (tertiary/aromatic N) is 2. The molecule has 0 amide bonds. The highest BCUT2D eigenvalue weighted by Gasteiger charge is 2.33. The summed E-state index contributed by atoms with van der Waals surface area (Å²) in [6.07, 6.45) is 5.41. The summed E-state index contributed by atoms with van der Waals surface area (Å²) < 4.78 is 65.6. The van der Waals surface area contributed by atoms with Crippen molar-refractivity contribution in [3.05, 3.63) is 23.8 Å². The number of piperidine rings is 2. The summed E-state index contributed by atoms with van der Waals surface area (Å²) in [6, 6.07) is 4.29. The molecule has 2 aliphatic heterocycles. The average molecular weight is 505 g/mol. The minimum absolute atomic E-state index is 0.0808. The third kappa shape index (κ3) is 6.99. The van der Waals surface area contributed by atoms with Crippen molar-refractivity contribution in [1.82, 2.24) is 8.61 Å². The summed E-state index contributed by atoms with van der Waals surface area (Å²) in [5.41, 5.74) is 0.437. The number of aryl methyl sites for hydroxylation is 1. The molecule has 1 aromatic carbocycles. The van der Waals surface area contributed by atoms with Crippen LogP contribution in [0.15, 0.2) is 28.0 Å². The van der Waals surface area contributed by atoms with Gasteiger partial charge < -0.3 is 9.47 Å². The summed E-state index contributed by atoms with van der Waals surface area (Å²) >= 11 is 0. The lowest BCUT2D eigenvalue weighted by Crippen LogP contribution is -2.41. The van der Waals surface area contributed by atoms with E-state index in [0.29, 0.717) is 57.4 Å². The molecule has 0 aromatic heterocycles. The molecule has 0 aliphatic carbocycles. The van der Waals surface area contributed by atoms with E-state index in [-0.39, 0.29) is 22.0 Å². The Morgan fingerprint density at radius 1 is 0.788 bits per heavy atom. The molecular formula is C23H40N2O6S2. The van der Waals surface area contributed by atoms with Gasteiger partial charge in [0.1, 0.15) is 0 Å². The highest BCUT2D eigenvalue weighted by molar-refractivity contribution is 7.89. The SMILES string of the molecule is CCCC.COC1CCN(S(=O)(=O)c2ccc(S(=O)(=O)N3CCC(OC)CC3)c(C)c2)CC1. The van der Waals surface area contributed by atoms with Crippen molar-refractivity contribution in [1.29, 1.82) is 0 Å². The van der Waals surface area contributed by atoms with Crippen LogP contribution in [0.3, 0.4) is 0 Å². The normalized spacial score (nSPS) is 19.8. The number of ether oxygens (including phenoxy) is 2. The molecule has 0 bridgehead atoms. The van der Waals surface area contributed by atoms with Gasteiger partial charge in [0.25, 0.3) is 0 Å². The Balaban J connectivity index is 0.000000890. The second-order valence-electron chi connectivity index (χ2n) is 8.61. The Labute approximate surface area is 200 Å². The molecule has 0 atom stereocenters. The summed E-state index contributed by atoms with van der Waals surface area (Å²) in [7, 11) is -4.06. The first-order valence-corrected chi connectivity index (χ1v) is 14.7. The maximum Gasteiger partial charge on any atom is 0.243 e. The topological polar surface area (TPSA) is 93.2 Å². The number of rotatable bonds is 7. The molecule has 8 nitrogen and oxygen atoms in total. The number of hydrogen-bond donors (Lipinski definition) is 0. The van der Waals surface area contributed by atoms with E-state index >= 15 is 0 Å². The largest absolute Gasteiger partial charge is 0.381 e. The maximum atomic E-state index is 13.0. The van der Waals surface area contributed by atoms with Gasteiger partial charge in [-0.25, -0.2) is 16.8 Å². The Morgan fingerprint density at radius 2 is 1.21 bits per heavy atom. The maximum absolute atomic E-state index is 13.0. The standard InChI is InChI=1S/C19H30N2O6S2.C4H10/c1-15-14-18(28(22,23)20-10-6-16(26-2)7-11-20)4-5-19(15)29(24,25)21-12-8-17(27-3)9-13-21;1-3-4-2/h4-5,14,16-17H,6-13H2,1-3H3;3-4H2,1-2H3. The van der Waals surface area contributed by atoms with Gasteiger partial charge in [-0.3, -0.25) is 0 Å².